The Morgan fingerprint density at radius 1 is 1.00 bits per heavy atom. The van der Waals surface area contributed by atoms with Crippen molar-refractivity contribution >= 4 is 38.7 Å². The number of aromatic nitrogens is 2. The van der Waals surface area contributed by atoms with Crippen LogP contribution in [0.15, 0.2) is 60.2 Å². The molecule has 0 atom stereocenters. The number of benzene rings is 2. The van der Waals surface area contributed by atoms with E-state index in [-0.39, 0.29) is 0 Å². The Morgan fingerprint density at radius 2 is 1.77 bits per heavy atom. The van der Waals surface area contributed by atoms with Crippen LogP contribution in [0.1, 0.15) is 0 Å². The first-order chi connectivity index (χ1) is 14.8. The second kappa shape index (κ2) is 8.30. The van der Waals surface area contributed by atoms with Crippen LogP contribution in [0, 0.1) is 0 Å². The maximum atomic E-state index is 5.44. The van der Waals surface area contributed by atoms with E-state index in [9.17, 15) is 0 Å². The third-order valence-electron chi connectivity index (χ3n) is 5.28. The Labute approximate surface area is 179 Å². The van der Waals surface area contributed by atoms with Crippen molar-refractivity contribution < 1.29 is 9.47 Å². The van der Waals surface area contributed by atoms with Crippen molar-refractivity contribution in [2.45, 2.75) is 0 Å². The molecule has 2 aromatic carbocycles. The summed E-state index contributed by atoms with van der Waals surface area (Å²) in [6.45, 7) is 3.43. The summed E-state index contributed by atoms with van der Waals surface area (Å²) < 4.78 is 10.7. The number of nitrogens with zero attached hydrogens (tertiary/aromatic N) is 3. The summed E-state index contributed by atoms with van der Waals surface area (Å²) in [6, 6.07) is 16.5. The lowest BCUT2D eigenvalue weighted by molar-refractivity contribution is 0.122. The van der Waals surface area contributed by atoms with Crippen LogP contribution in [0.2, 0.25) is 0 Å². The summed E-state index contributed by atoms with van der Waals surface area (Å²) in [5.41, 5.74) is 4.44. The van der Waals surface area contributed by atoms with Crippen LogP contribution in [0.25, 0.3) is 21.3 Å². The van der Waals surface area contributed by atoms with Gasteiger partial charge in [0.2, 0.25) is 0 Å². The van der Waals surface area contributed by atoms with Gasteiger partial charge in [0.15, 0.2) is 0 Å². The fourth-order valence-corrected chi connectivity index (χ4v) is 4.58. The van der Waals surface area contributed by atoms with Gasteiger partial charge in [0.1, 0.15) is 22.7 Å². The number of fused-ring (bicyclic) bond motifs is 1. The molecular weight excluding hydrogens is 396 g/mol. The summed E-state index contributed by atoms with van der Waals surface area (Å²) in [5, 5.41) is 6.65. The van der Waals surface area contributed by atoms with Gasteiger partial charge in [-0.1, -0.05) is 12.1 Å². The Hall–Kier alpha value is -3.16. The lowest BCUT2D eigenvalue weighted by Gasteiger charge is -2.28. The number of rotatable bonds is 5. The van der Waals surface area contributed by atoms with Crippen molar-refractivity contribution in [1.29, 1.82) is 0 Å². The van der Waals surface area contributed by atoms with Gasteiger partial charge in [-0.3, -0.25) is 0 Å². The van der Waals surface area contributed by atoms with E-state index >= 15 is 0 Å². The number of methoxy groups -OCH3 is 1. The molecular formula is C23H22N4O2S. The number of morpholine rings is 1. The van der Waals surface area contributed by atoms with Crippen LogP contribution >= 0.6 is 11.3 Å². The molecule has 1 saturated heterocycles. The zero-order valence-corrected chi connectivity index (χ0v) is 17.5. The number of anilines is 3. The van der Waals surface area contributed by atoms with E-state index in [1.807, 2.05) is 12.1 Å². The summed E-state index contributed by atoms with van der Waals surface area (Å²) >= 11 is 1.62. The van der Waals surface area contributed by atoms with Crippen molar-refractivity contribution in [2.24, 2.45) is 0 Å². The molecule has 4 aromatic rings. The molecule has 1 fully saturated rings. The zero-order valence-electron chi connectivity index (χ0n) is 16.7. The molecule has 1 aliphatic heterocycles. The van der Waals surface area contributed by atoms with E-state index in [4.69, 9.17) is 9.47 Å². The molecule has 0 spiro atoms. The van der Waals surface area contributed by atoms with Crippen molar-refractivity contribution in [1.82, 2.24) is 9.97 Å². The van der Waals surface area contributed by atoms with Gasteiger partial charge in [0.05, 0.1) is 25.7 Å². The Morgan fingerprint density at radius 3 is 2.50 bits per heavy atom. The topological polar surface area (TPSA) is 59.5 Å². The average molecular weight is 419 g/mol. The highest BCUT2D eigenvalue weighted by Crippen LogP contribution is 2.38. The molecule has 0 bridgehead atoms. The summed E-state index contributed by atoms with van der Waals surface area (Å²) in [5.74, 6) is 1.65. The van der Waals surface area contributed by atoms with Gasteiger partial charge in [0.25, 0.3) is 0 Å². The molecule has 1 aliphatic rings. The first-order valence-electron chi connectivity index (χ1n) is 9.88. The van der Waals surface area contributed by atoms with E-state index in [2.05, 4.69) is 62.0 Å². The van der Waals surface area contributed by atoms with Gasteiger partial charge in [0, 0.05) is 35.4 Å². The fourth-order valence-electron chi connectivity index (χ4n) is 3.67. The Kier molecular flexibility index (Phi) is 5.21. The van der Waals surface area contributed by atoms with Crippen LogP contribution in [-0.4, -0.2) is 43.4 Å². The lowest BCUT2D eigenvalue weighted by atomic mass is 10.1. The molecule has 6 nitrogen and oxygen atoms in total. The predicted molar refractivity (Wildman–Crippen MR) is 122 cm³/mol. The van der Waals surface area contributed by atoms with Gasteiger partial charge in [-0.25, -0.2) is 9.97 Å². The molecule has 0 radical (unpaired) electrons. The van der Waals surface area contributed by atoms with E-state index in [0.29, 0.717) is 0 Å². The SMILES string of the molecule is COc1ccc(-c2csc3ncnc(Nc4ccc(N5CCOCC5)cc4)c23)cc1. The van der Waals surface area contributed by atoms with Crippen LogP contribution < -0.4 is 15.0 Å². The normalized spacial score (nSPS) is 14.1. The minimum absolute atomic E-state index is 0.783. The summed E-state index contributed by atoms with van der Waals surface area (Å²) in [7, 11) is 1.68. The van der Waals surface area contributed by atoms with Crippen LogP contribution in [0.3, 0.4) is 0 Å². The van der Waals surface area contributed by atoms with Crippen LogP contribution in [-0.2, 0) is 4.74 Å². The van der Waals surface area contributed by atoms with Crippen molar-refractivity contribution in [3.8, 4) is 16.9 Å². The highest BCUT2D eigenvalue weighted by atomic mass is 32.1. The number of ether oxygens (including phenoxy) is 2. The third-order valence-corrected chi connectivity index (χ3v) is 6.16. The molecule has 0 amide bonds. The second-order valence-electron chi connectivity index (χ2n) is 7.05. The highest BCUT2D eigenvalue weighted by molar-refractivity contribution is 7.17. The van der Waals surface area contributed by atoms with E-state index < -0.39 is 0 Å². The largest absolute Gasteiger partial charge is 0.497 e. The van der Waals surface area contributed by atoms with E-state index in [0.717, 1.165) is 64.9 Å². The zero-order chi connectivity index (χ0) is 20.3. The molecule has 152 valence electrons. The molecule has 0 unspecified atom stereocenters. The summed E-state index contributed by atoms with van der Waals surface area (Å²) in [6.07, 6.45) is 1.61. The fraction of sp³-hybridized carbons (Fsp3) is 0.217. The number of nitrogens with one attached hydrogen (secondary N) is 1. The maximum absolute atomic E-state index is 5.44. The maximum Gasteiger partial charge on any atom is 0.143 e. The minimum atomic E-state index is 0.783. The van der Waals surface area contributed by atoms with Crippen molar-refractivity contribution in [3.63, 3.8) is 0 Å². The number of hydrogen-bond donors (Lipinski definition) is 1. The predicted octanol–water partition coefficient (Wildman–Crippen LogP) is 4.95. The van der Waals surface area contributed by atoms with Gasteiger partial charge < -0.3 is 19.7 Å². The van der Waals surface area contributed by atoms with E-state index in [1.165, 1.54) is 5.69 Å². The Bertz CT molecular complexity index is 1140. The molecule has 7 heteroatoms. The molecule has 1 N–H and O–H groups in total. The van der Waals surface area contributed by atoms with Crippen molar-refractivity contribution in [2.75, 3.05) is 43.6 Å². The molecule has 30 heavy (non-hydrogen) atoms. The molecule has 3 heterocycles. The van der Waals surface area contributed by atoms with Gasteiger partial charge in [-0.15, -0.1) is 11.3 Å². The van der Waals surface area contributed by atoms with E-state index in [1.54, 1.807) is 24.8 Å². The molecule has 0 saturated carbocycles. The van der Waals surface area contributed by atoms with Crippen LogP contribution in [0.5, 0.6) is 5.75 Å². The average Bonchev–Trinajstić information content (AvgIpc) is 3.25. The standard InChI is InChI=1S/C23H22N4O2S/c1-28-19-8-2-16(3-9-19)20-14-30-23-21(20)22(24-15-25-23)26-17-4-6-18(7-5-17)27-10-12-29-13-11-27/h2-9,14-15H,10-13H2,1H3,(H,24,25,26). The third kappa shape index (κ3) is 3.69. The first kappa shape index (κ1) is 18.8. The Balaban J connectivity index is 1.45. The highest BCUT2D eigenvalue weighted by Gasteiger charge is 2.14. The lowest BCUT2D eigenvalue weighted by Crippen LogP contribution is -2.36. The summed E-state index contributed by atoms with van der Waals surface area (Å²) in [4.78, 5) is 12.3. The molecule has 2 aromatic heterocycles. The number of hydrogen-bond acceptors (Lipinski definition) is 7. The quantitative estimate of drug-likeness (QED) is 0.495. The van der Waals surface area contributed by atoms with Crippen molar-refractivity contribution in [3.05, 3.63) is 60.2 Å². The first-order valence-corrected chi connectivity index (χ1v) is 10.8. The minimum Gasteiger partial charge on any atom is -0.497 e. The van der Waals surface area contributed by atoms with Gasteiger partial charge in [-0.2, -0.15) is 0 Å². The second-order valence-corrected chi connectivity index (χ2v) is 7.91. The molecule has 5 rings (SSSR count). The monoisotopic (exact) mass is 418 g/mol. The van der Waals surface area contributed by atoms with Crippen LogP contribution in [0.4, 0.5) is 17.2 Å². The number of thiophene rings is 1. The van der Waals surface area contributed by atoms with Gasteiger partial charge in [-0.05, 0) is 42.0 Å². The molecule has 0 aliphatic carbocycles. The van der Waals surface area contributed by atoms with Gasteiger partial charge >= 0.3 is 0 Å². The smallest absolute Gasteiger partial charge is 0.143 e.